The number of rotatable bonds is 5. The molecule has 0 atom stereocenters. The molecule has 0 saturated heterocycles. The quantitative estimate of drug-likeness (QED) is 0.505. The zero-order chi connectivity index (χ0) is 21.3. The molecule has 2 aromatic heterocycles. The van der Waals surface area contributed by atoms with Crippen LogP contribution in [0.2, 0.25) is 0 Å². The Kier molecular flexibility index (Phi) is 5.10. The number of pyridine rings is 2. The van der Waals surface area contributed by atoms with Crippen molar-refractivity contribution in [3.05, 3.63) is 83.7 Å². The lowest BCUT2D eigenvalue weighted by Crippen LogP contribution is -2.13. The van der Waals surface area contributed by atoms with Crippen molar-refractivity contribution >= 4 is 16.8 Å². The number of ether oxygens (including phenoxy) is 1. The SMILES string of the molecule is CCc1cc(-c2cc(Oc3cnc4c(F)cc(F)cc4c3)ccn2)ccc1C(N)=O. The van der Waals surface area contributed by atoms with Gasteiger partial charge in [0.05, 0.1) is 11.9 Å². The van der Waals surface area contributed by atoms with E-state index in [9.17, 15) is 13.6 Å². The summed E-state index contributed by atoms with van der Waals surface area (Å²) in [5.74, 6) is -1.07. The zero-order valence-electron chi connectivity index (χ0n) is 16.0. The van der Waals surface area contributed by atoms with Gasteiger partial charge in [-0.25, -0.2) is 13.8 Å². The van der Waals surface area contributed by atoms with Gasteiger partial charge >= 0.3 is 0 Å². The highest BCUT2D eigenvalue weighted by Gasteiger charge is 2.11. The molecule has 0 aliphatic carbocycles. The number of fused-ring (bicyclic) bond motifs is 1. The zero-order valence-corrected chi connectivity index (χ0v) is 16.0. The Bertz CT molecular complexity index is 1270. The highest BCUT2D eigenvalue weighted by molar-refractivity contribution is 5.95. The number of hydrogen-bond donors (Lipinski definition) is 1. The summed E-state index contributed by atoms with van der Waals surface area (Å²) < 4.78 is 33.1. The number of halogens is 2. The first kappa shape index (κ1) is 19.4. The molecule has 2 N–H and O–H groups in total. The number of primary amides is 1. The second kappa shape index (κ2) is 7.87. The lowest BCUT2D eigenvalue weighted by Gasteiger charge is -2.10. The Hall–Kier alpha value is -3.87. The van der Waals surface area contributed by atoms with Crippen LogP contribution in [-0.4, -0.2) is 15.9 Å². The summed E-state index contributed by atoms with van der Waals surface area (Å²) in [4.78, 5) is 19.9. The number of nitrogens with zero attached hydrogens (tertiary/aromatic N) is 2. The standard InChI is InChI=1S/C23H17F2N3O2/c1-2-13-7-14(3-4-19(13)23(26)29)21-11-17(5-6-27-21)30-18-9-15-8-16(24)10-20(25)22(15)28-12-18/h3-12H,2H2,1H3,(H2,26,29). The minimum Gasteiger partial charge on any atom is -0.456 e. The molecule has 4 rings (SSSR count). The van der Waals surface area contributed by atoms with Crippen LogP contribution in [0.3, 0.4) is 0 Å². The Morgan fingerprint density at radius 2 is 1.87 bits per heavy atom. The molecule has 0 aliphatic heterocycles. The maximum absolute atomic E-state index is 13.8. The molecule has 7 heteroatoms. The van der Waals surface area contributed by atoms with Crippen molar-refractivity contribution in [3.8, 4) is 22.8 Å². The fourth-order valence-corrected chi connectivity index (χ4v) is 3.26. The van der Waals surface area contributed by atoms with Crippen LogP contribution in [0.25, 0.3) is 22.2 Å². The maximum Gasteiger partial charge on any atom is 0.248 e. The van der Waals surface area contributed by atoms with Gasteiger partial charge in [-0.15, -0.1) is 0 Å². The highest BCUT2D eigenvalue weighted by atomic mass is 19.1. The van der Waals surface area contributed by atoms with Crippen LogP contribution >= 0.6 is 0 Å². The first-order valence-electron chi connectivity index (χ1n) is 9.26. The van der Waals surface area contributed by atoms with E-state index in [1.54, 1.807) is 30.5 Å². The number of aryl methyl sites for hydroxylation is 1. The van der Waals surface area contributed by atoms with E-state index >= 15 is 0 Å². The average Bonchev–Trinajstić information content (AvgIpc) is 2.73. The van der Waals surface area contributed by atoms with E-state index in [-0.39, 0.29) is 5.52 Å². The van der Waals surface area contributed by atoms with Crippen molar-refractivity contribution in [2.45, 2.75) is 13.3 Å². The van der Waals surface area contributed by atoms with E-state index in [1.165, 1.54) is 18.3 Å². The predicted octanol–water partition coefficient (Wildman–Crippen LogP) is 5.03. The minimum atomic E-state index is -0.728. The predicted molar refractivity (Wildman–Crippen MR) is 109 cm³/mol. The fourth-order valence-electron chi connectivity index (χ4n) is 3.26. The van der Waals surface area contributed by atoms with E-state index in [0.717, 1.165) is 17.2 Å². The number of hydrogen-bond acceptors (Lipinski definition) is 4. The molecule has 0 spiro atoms. The fraction of sp³-hybridized carbons (Fsp3) is 0.0870. The number of carbonyl (C=O) groups excluding carboxylic acids is 1. The summed E-state index contributed by atoms with van der Waals surface area (Å²) in [6.45, 7) is 1.94. The third kappa shape index (κ3) is 3.82. The lowest BCUT2D eigenvalue weighted by atomic mass is 9.99. The molecule has 0 unspecified atom stereocenters. The van der Waals surface area contributed by atoms with Crippen LogP contribution in [0, 0.1) is 11.6 Å². The van der Waals surface area contributed by atoms with Gasteiger partial charge in [0.25, 0.3) is 0 Å². The maximum atomic E-state index is 13.8. The molecular weight excluding hydrogens is 388 g/mol. The van der Waals surface area contributed by atoms with E-state index in [4.69, 9.17) is 10.5 Å². The van der Waals surface area contributed by atoms with Crippen molar-refractivity contribution in [1.29, 1.82) is 0 Å². The molecule has 0 aliphatic rings. The van der Waals surface area contributed by atoms with Gasteiger partial charge in [0, 0.05) is 34.8 Å². The van der Waals surface area contributed by atoms with Gasteiger partial charge in [0.2, 0.25) is 5.91 Å². The second-order valence-electron chi connectivity index (χ2n) is 6.70. The third-order valence-corrected chi connectivity index (χ3v) is 4.69. The first-order valence-corrected chi connectivity index (χ1v) is 9.26. The van der Waals surface area contributed by atoms with Crippen molar-refractivity contribution in [1.82, 2.24) is 9.97 Å². The molecule has 150 valence electrons. The number of carbonyl (C=O) groups is 1. The Morgan fingerprint density at radius 3 is 2.63 bits per heavy atom. The van der Waals surface area contributed by atoms with Gasteiger partial charge < -0.3 is 10.5 Å². The van der Waals surface area contributed by atoms with Crippen LogP contribution in [0.15, 0.2) is 60.9 Å². The van der Waals surface area contributed by atoms with E-state index < -0.39 is 17.5 Å². The highest BCUT2D eigenvalue weighted by Crippen LogP contribution is 2.29. The molecule has 0 saturated carbocycles. The summed E-state index contributed by atoms with van der Waals surface area (Å²) >= 11 is 0. The topological polar surface area (TPSA) is 78.1 Å². The molecule has 0 radical (unpaired) electrons. The van der Waals surface area contributed by atoms with Crippen LogP contribution in [-0.2, 0) is 6.42 Å². The Morgan fingerprint density at radius 1 is 1.03 bits per heavy atom. The molecule has 30 heavy (non-hydrogen) atoms. The monoisotopic (exact) mass is 405 g/mol. The molecule has 2 heterocycles. The molecular formula is C23H17F2N3O2. The van der Waals surface area contributed by atoms with Crippen LogP contribution < -0.4 is 10.5 Å². The van der Waals surface area contributed by atoms with Gasteiger partial charge in [-0.1, -0.05) is 13.0 Å². The molecule has 4 aromatic rings. The number of aromatic nitrogens is 2. The van der Waals surface area contributed by atoms with Crippen LogP contribution in [0.4, 0.5) is 8.78 Å². The number of amides is 1. The summed E-state index contributed by atoms with van der Waals surface area (Å²) in [5, 5.41) is 0.300. The summed E-state index contributed by atoms with van der Waals surface area (Å²) in [7, 11) is 0. The normalized spacial score (nSPS) is 10.9. The van der Waals surface area contributed by atoms with E-state index in [0.29, 0.717) is 34.6 Å². The summed E-state index contributed by atoms with van der Waals surface area (Å²) in [5.41, 5.74) is 8.25. The average molecular weight is 405 g/mol. The number of nitrogens with two attached hydrogens (primary N) is 1. The Labute approximate surface area is 171 Å². The van der Waals surface area contributed by atoms with Gasteiger partial charge in [0.1, 0.15) is 22.8 Å². The van der Waals surface area contributed by atoms with Crippen molar-refractivity contribution in [3.63, 3.8) is 0 Å². The van der Waals surface area contributed by atoms with E-state index in [1.807, 2.05) is 13.0 Å². The van der Waals surface area contributed by atoms with Crippen LogP contribution in [0.5, 0.6) is 11.5 Å². The second-order valence-corrected chi connectivity index (χ2v) is 6.70. The molecule has 0 fully saturated rings. The van der Waals surface area contributed by atoms with Gasteiger partial charge in [0.15, 0.2) is 5.82 Å². The smallest absolute Gasteiger partial charge is 0.248 e. The molecule has 1 amide bonds. The largest absolute Gasteiger partial charge is 0.456 e. The van der Waals surface area contributed by atoms with Crippen molar-refractivity contribution < 1.29 is 18.3 Å². The first-order chi connectivity index (χ1) is 14.4. The molecule has 2 aromatic carbocycles. The summed E-state index contributed by atoms with van der Waals surface area (Å²) in [6.07, 6.45) is 3.62. The Balaban J connectivity index is 1.66. The van der Waals surface area contributed by atoms with E-state index in [2.05, 4.69) is 9.97 Å². The van der Waals surface area contributed by atoms with Crippen molar-refractivity contribution in [2.24, 2.45) is 5.73 Å². The van der Waals surface area contributed by atoms with Gasteiger partial charge in [-0.2, -0.15) is 0 Å². The van der Waals surface area contributed by atoms with Gasteiger partial charge in [-0.05, 0) is 42.3 Å². The number of benzene rings is 2. The molecule has 0 bridgehead atoms. The summed E-state index contributed by atoms with van der Waals surface area (Å²) in [6, 6.07) is 12.2. The molecule has 5 nitrogen and oxygen atoms in total. The minimum absolute atomic E-state index is 0.0702. The lowest BCUT2D eigenvalue weighted by molar-refractivity contribution is 0.0999. The third-order valence-electron chi connectivity index (χ3n) is 4.69. The van der Waals surface area contributed by atoms with Crippen LogP contribution in [0.1, 0.15) is 22.8 Å². The van der Waals surface area contributed by atoms with Crippen molar-refractivity contribution in [2.75, 3.05) is 0 Å². The van der Waals surface area contributed by atoms with Gasteiger partial charge in [-0.3, -0.25) is 9.78 Å².